The van der Waals surface area contributed by atoms with Gasteiger partial charge in [-0.1, -0.05) is 47.1 Å². The summed E-state index contributed by atoms with van der Waals surface area (Å²) >= 11 is 7.89. The summed E-state index contributed by atoms with van der Waals surface area (Å²) in [6, 6.07) is 15.0. The Labute approximate surface area is 171 Å². The lowest BCUT2D eigenvalue weighted by atomic mass is 10.1. The van der Waals surface area contributed by atoms with Crippen molar-refractivity contribution in [2.24, 2.45) is 0 Å². The molecule has 4 aromatic rings. The second-order valence-electron chi connectivity index (χ2n) is 6.11. The normalized spacial score (nSPS) is 10.8. The second-order valence-corrected chi connectivity index (χ2v) is 7.47. The summed E-state index contributed by atoms with van der Waals surface area (Å²) in [6.07, 6.45) is 1.75. The molecule has 140 valence electrons. The van der Waals surface area contributed by atoms with Crippen LogP contribution in [0.3, 0.4) is 0 Å². The van der Waals surface area contributed by atoms with Gasteiger partial charge in [-0.25, -0.2) is 0 Å². The summed E-state index contributed by atoms with van der Waals surface area (Å²) in [5, 5.41) is 9.52. The molecule has 0 bridgehead atoms. The van der Waals surface area contributed by atoms with E-state index in [2.05, 4.69) is 15.5 Å². The minimum atomic E-state index is -0.269. The number of pyridine rings is 1. The number of halogens is 1. The number of aryl methyl sites for hydroxylation is 1. The van der Waals surface area contributed by atoms with Crippen LogP contribution in [0.4, 0.5) is 0 Å². The third-order valence-corrected chi connectivity index (χ3v) is 5.51. The lowest BCUT2D eigenvalue weighted by Gasteiger charge is -2.09. The third kappa shape index (κ3) is 3.56. The van der Waals surface area contributed by atoms with Crippen molar-refractivity contribution >= 4 is 28.8 Å². The Hall–Kier alpha value is -2.96. The zero-order valence-electron chi connectivity index (χ0n) is 15.0. The molecule has 1 aromatic carbocycles. The number of thiophene rings is 1. The molecule has 0 aliphatic carbocycles. The molecule has 7 heteroatoms. The van der Waals surface area contributed by atoms with Crippen LogP contribution in [0.5, 0.6) is 0 Å². The van der Waals surface area contributed by atoms with E-state index >= 15 is 0 Å². The predicted molar refractivity (Wildman–Crippen MR) is 110 cm³/mol. The maximum Gasteiger partial charge on any atom is 0.257 e. The molecule has 28 heavy (non-hydrogen) atoms. The number of rotatable bonds is 5. The van der Waals surface area contributed by atoms with E-state index in [-0.39, 0.29) is 5.91 Å². The number of aromatic nitrogens is 2. The first kappa shape index (κ1) is 18.4. The van der Waals surface area contributed by atoms with E-state index in [1.165, 1.54) is 0 Å². The van der Waals surface area contributed by atoms with E-state index in [0.29, 0.717) is 34.1 Å². The van der Waals surface area contributed by atoms with Crippen molar-refractivity contribution in [3.05, 3.63) is 82.0 Å². The fourth-order valence-electron chi connectivity index (χ4n) is 2.96. The number of nitrogens with one attached hydrogen (secondary N) is 1. The monoisotopic (exact) mass is 409 g/mol. The molecule has 1 N–H and O–H groups in total. The fraction of sp³-hybridized carbons (Fsp3) is 0.0952. The van der Waals surface area contributed by atoms with Crippen LogP contribution in [0, 0.1) is 6.92 Å². The van der Waals surface area contributed by atoms with Gasteiger partial charge in [0, 0.05) is 18.3 Å². The van der Waals surface area contributed by atoms with Gasteiger partial charge in [0.1, 0.15) is 17.0 Å². The minimum Gasteiger partial charge on any atom is -0.360 e. The number of hydrogen-bond acceptors (Lipinski definition) is 5. The molecule has 0 unspecified atom stereocenters. The Morgan fingerprint density at radius 1 is 1.14 bits per heavy atom. The van der Waals surface area contributed by atoms with Gasteiger partial charge in [0.25, 0.3) is 5.91 Å². The maximum absolute atomic E-state index is 12.9. The van der Waals surface area contributed by atoms with Crippen LogP contribution in [-0.2, 0) is 6.54 Å². The summed E-state index contributed by atoms with van der Waals surface area (Å²) < 4.78 is 5.28. The average molecular weight is 410 g/mol. The Balaban J connectivity index is 1.60. The Kier molecular flexibility index (Phi) is 5.23. The van der Waals surface area contributed by atoms with Crippen LogP contribution in [0.1, 0.15) is 21.7 Å². The minimum absolute atomic E-state index is 0.269. The second kappa shape index (κ2) is 7.96. The van der Waals surface area contributed by atoms with Crippen LogP contribution in [0.25, 0.3) is 21.8 Å². The van der Waals surface area contributed by atoms with Gasteiger partial charge in [-0.05, 0) is 36.1 Å². The molecule has 5 nitrogen and oxygen atoms in total. The molecule has 0 aliphatic rings. The first-order chi connectivity index (χ1) is 13.6. The van der Waals surface area contributed by atoms with Crippen molar-refractivity contribution in [1.82, 2.24) is 15.5 Å². The molecule has 3 aromatic heterocycles. The highest BCUT2D eigenvalue weighted by molar-refractivity contribution is 7.13. The van der Waals surface area contributed by atoms with Crippen LogP contribution in [0.15, 0.2) is 64.6 Å². The summed E-state index contributed by atoms with van der Waals surface area (Å²) in [5.74, 6) is 0.173. The van der Waals surface area contributed by atoms with Gasteiger partial charge < -0.3 is 9.84 Å². The highest BCUT2D eigenvalue weighted by Gasteiger charge is 2.23. The maximum atomic E-state index is 12.9. The number of amides is 1. The van der Waals surface area contributed by atoms with E-state index in [9.17, 15) is 4.79 Å². The number of carbonyl (C=O) groups excluding carboxylic acids is 1. The van der Waals surface area contributed by atoms with Gasteiger partial charge in [0.05, 0.1) is 15.6 Å². The number of nitrogens with zero attached hydrogens (tertiary/aromatic N) is 2. The fourth-order valence-corrected chi connectivity index (χ4v) is 3.94. The Bertz CT molecular complexity index is 1120. The lowest BCUT2D eigenvalue weighted by molar-refractivity contribution is 0.0950. The molecule has 0 aliphatic heterocycles. The molecular weight excluding hydrogens is 394 g/mol. The quantitative estimate of drug-likeness (QED) is 0.482. The first-order valence-electron chi connectivity index (χ1n) is 8.62. The highest BCUT2D eigenvalue weighted by atomic mass is 35.5. The molecule has 0 radical (unpaired) electrons. The van der Waals surface area contributed by atoms with Gasteiger partial charge in [-0.3, -0.25) is 9.78 Å². The zero-order chi connectivity index (χ0) is 19.5. The number of carbonyl (C=O) groups is 1. The molecule has 0 fully saturated rings. The van der Waals surface area contributed by atoms with E-state index in [4.69, 9.17) is 16.1 Å². The Morgan fingerprint density at radius 2 is 2.00 bits per heavy atom. The molecule has 0 spiro atoms. The highest BCUT2D eigenvalue weighted by Crippen LogP contribution is 2.31. The predicted octanol–water partition coefficient (Wildman–Crippen LogP) is 5.36. The van der Waals surface area contributed by atoms with Gasteiger partial charge in [0.15, 0.2) is 0 Å². The largest absolute Gasteiger partial charge is 0.360 e. The van der Waals surface area contributed by atoms with E-state index in [1.807, 2.05) is 47.8 Å². The molecule has 0 saturated carbocycles. The summed E-state index contributed by atoms with van der Waals surface area (Å²) in [6.45, 7) is 2.05. The van der Waals surface area contributed by atoms with E-state index < -0.39 is 0 Å². The molecule has 0 saturated heterocycles. The molecule has 1 amide bonds. The van der Waals surface area contributed by atoms with Gasteiger partial charge >= 0.3 is 0 Å². The van der Waals surface area contributed by atoms with E-state index in [0.717, 1.165) is 16.1 Å². The number of hydrogen-bond donors (Lipinski definition) is 1. The van der Waals surface area contributed by atoms with Crippen molar-refractivity contribution in [3.8, 4) is 21.8 Å². The van der Waals surface area contributed by atoms with Crippen LogP contribution in [-0.4, -0.2) is 16.0 Å². The van der Waals surface area contributed by atoms with E-state index in [1.54, 1.807) is 30.5 Å². The SMILES string of the molecule is Cc1onc(-c2ccccc2Cl)c1C(=O)NCc1cccnc1-c1cccs1. The molecule has 0 atom stereocenters. The van der Waals surface area contributed by atoms with Crippen molar-refractivity contribution < 1.29 is 9.32 Å². The van der Waals surface area contributed by atoms with Crippen LogP contribution < -0.4 is 5.32 Å². The van der Waals surface area contributed by atoms with Crippen molar-refractivity contribution in [2.45, 2.75) is 13.5 Å². The van der Waals surface area contributed by atoms with Crippen molar-refractivity contribution in [1.29, 1.82) is 0 Å². The lowest BCUT2D eigenvalue weighted by Crippen LogP contribution is -2.24. The van der Waals surface area contributed by atoms with Gasteiger partial charge in [0.2, 0.25) is 0 Å². The molecule has 4 rings (SSSR count). The molecule has 3 heterocycles. The zero-order valence-corrected chi connectivity index (χ0v) is 16.6. The van der Waals surface area contributed by atoms with Crippen LogP contribution >= 0.6 is 22.9 Å². The summed E-state index contributed by atoms with van der Waals surface area (Å²) in [5.41, 5.74) is 3.28. The third-order valence-electron chi connectivity index (χ3n) is 4.30. The smallest absolute Gasteiger partial charge is 0.257 e. The van der Waals surface area contributed by atoms with Crippen molar-refractivity contribution in [3.63, 3.8) is 0 Å². The van der Waals surface area contributed by atoms with Gasteiger partial charge in [-0.15, -0.1) is 11.3 Å². The molecular formula is C21H16ClN3O2S. The average Bonchev–Trinajstić information content (AvgIpc) is 3.37. The first-order valence-corrected chi connectivity index (χ1v) is 9.88. The standard InChI is InChI=1S/C21H16ClN3O2S/c1-13-18(20(25-27-13)15-7-2-3-8-16(15)22)21(26)24-12-14-6-4-10-23-19(14)17-9-5-11-28-17/h2-11H,12H2,1H3,(H,24,26). The van der Waals surface area contributed by atoms with Crippen LogP contribution in [0.2, 0.25) is 5.02 Å². The summed E-state index contributed by atoms with van der Waals surface area (Å²) in [4.78, 5) is 18.5. The Morgan fingerprint density at radius 3 is 2.79 bits per heavy atom. The summed E-state index contributed by atoms with van der Waals surface area (Å²) in [7, 11) is 0. The number of benzene rings is 1. The van der Waals surface area contributed by atoms with Gasteiger partial charge in [-0.2, -0.15) is 0 Å². The topological polar surface area (TPSA) is 68.0 Å². The van der Waals surface area contributed by atoms with Crippen molar-refractivity contribution in [2.75, 3.05) is 0 Å².